The molecule has 0 bridgehead atoms. The van der Waals surface area contributed by atoms with Gasteiger partial charge in [-0.25, -0.2) is 0 Å². The molecule has 118 valence electrons. The van der Waals surface area contributed by atoms with E-state index in [9.17, 15) is 4.79 Å². The SMILES string of the molecule is CCCn1cnnc1C(C)NC(=O)C(C)(C)N1CCCC1. The molecule has 1 N–H and O–H groups in total. The van der Waals surface area contributed by atoms with Crippen molar-refractivity contribution in [3.8, 4) is 0 Å². The average Bonchev–Trinajstić information content (AvgIpc) is 3.10. The molecule has 6 heteroatoms. The third-order valence-electron chi connectivity index (χ3n) is 4.30. The van der Waals surface area contributed by atoms with Gasteiger partial charge in [0.25, 0.3) is 0 Å². The highest BCUT2D eigenvalue weighted by atomic mass is 16.2. The number of hydrogen-bond donors (Lipinski definition) is 1. The van der Waals surface area contributed by atoms with E-state index in [4.69, 9.17) is 0 Å². The Labute approximate surface area is 126 Å². The summed E-state index contributed by atoms with van der Waals surface area (Å²) in [6.45, 7) is 11.0. The molecule has 0 saturated carbocycles. The molecule has 1 aromatic rings. The van der Waals surface area contributed by atoms with Gasteiger partial charge in [-0.1, -0.05) is 6.92 Å². The van der Waals surface area contributed by atoms with Crippen LogP contribution in [0.25, 0.3) is 0 Å². The first kappa shape index (κ1) is 15.9. The van der Waals surface area contributed by atoms with E-state index in [-0.39, 0.29) is 11.9 Å². The highest BCUT2D eigenvalue weighted by molar-refractivity contribution is 5.85. The molecule has 2 heterocycles. The maximum Gasteiger partial charge on any atom is 0.240 e. The zero-order valence-electron chi connectivity index (χ0n) is 13.6. The molecule has 1 saturated heterocycles. The lowest BCUT2D eigenvalue weighted by Gasteiger charge is -2.34. The van der Waals surface area contributed by atoms with Crippen LogP contribution in [0, 0.1) is 0 Å². The first-order valence-corrected chi connectivity index (χ1v) is 7.90. The van der Waals surface area contributed by atoms with Crippen LogP contribution in [0.15, 0.2) is 6.33 Å². The van der Waals surface area contributed by atoms with Gasteiger partial charge >= 0.3 is 0 Å². The fraction of sp³-hybridized carbons (Fsp3) is 0.800. The Bertz CT molecular complexity index is 476. The lowest BCUT2D eigenvalue weighted by molar-refractivity contribution is -0.131. The second-order valence-electron chi connectivity index (χ2n) is 6.33. The monoisotopic (exact) mass is 293 g/mol. The van der Waals surface area contributed by atoms with Gasteiger partial charge in [-0.3, -0.25) is 9.69 Å². The van der Waals surface area contributed by atoms with Crippen LogP contribution >= 0.6 is 0 Å². The van der Waals surface area contributed by atoms with Crippen LogP contribution in [0.2, 0.25) is 0 Å². The van der Waals surface area contributed by atoms with Gasteiger partial charge in [0.2, 0.25) is 5.91 Å². The topological polar surface area (TPSA) is 63.1 Å². The number of carbonyl (C=O) groups is 1. The first-order valence-electron chi connectivity index (χ1n) is 7.90. The maximum absolute atomic E-state index is 12.6. The number of hydrogen-bond acceptors (Lipinski definition) is 4. The predicted molar refractivity (Wildman–Crippen MR) is 81.8 cm³/mol. The van der Waals surface area contributed by atoms with E-state index >= 15 is 0 Å². The summed E-state index contributed by atoms with van der Waals surface area (Å²) >= 11 is 0. The second kappa shape index (κ2) is 6.56. The molecule has 1 amide bonds. The fourth-order valence-corrected chi connectivity index (χ4v) is 2.87. The molecular formula is C15H27N5O. The second-order valence-corrected chi connectivity index (χ2v) is 6.33. The summed E-state index contributed by atoms with van der Waals surface area (Å²) in [5.41, 5.74) is -0.472. The van der Waals surface area contributed by atoms with Crippen molar-refractivity contribution in [2.24, 2.45) is 0 Å². The summed E-state index contributed by atoms with van der Waals surface area (Å²) in [5, 5.41) is 11.2. The number of likely N-dealkylation sites (tertiary alicyclic amines) is 1. The third-order valence-corrected chi connectivity index (χ3v) is 4.30. The van der Waals surface area contributed by atoms with Crippen molar-refractivity contribution in [1.29, 1.82) is 0 Å². The number of nitrogens with zero attached hydrogens (tertiary/aromatic N) is 4. The number of rotatable bonds is 6. The smallest absolute Gasteiger partial charge is 0.240 e. The van der Waals surface area contributed by atoms with Gasteiger partial charge in [-0.15, -0.1) is 10.2 Å². The Morgan fingerprint density at radius 1 is 1.43 bits per heavy atom. The van der Waals surface area contributed by atoms with Gasteiger partial charge in [-0.05, 0) is 53.1 Å². The fourth-order valence-electron chi connectivity index (χ4n) is 2.87. The first-order chi connectivity index (χ1) is 9.96. The average molecular weight is 293 g/mol. The summed E-state index contributed by atoms with van der Waals surface area (Å²) in [5.74, 6) is 0.880. The molecule has 1 aliphatic rings. The van der Waals surface area contributed by atoms with Gasteiger partial charge in [0.05, 0.1) is 11.6 Å². The van der Waals surface area contributed by atoms with Crippen molar-refractivity contribution in [2.75, 3.05) is 13.1 Å². The summed E-state index contributed by atoms with van der Waals surface area (Å²) in [7, 11) is 0. The number of amides is 1. The Hall–Kier alpha value is -1.43. The largest absolute Gasteiger partial charge is 0.345 e. The van der Waals surface area contributed by atoms with Crippen molar-refractivity contribution in [1.82, 2.24) is 25.0 Å². The van der Waals surface area contributed by atoms with Crippen molar-refractivity contribution in [2.45, 2.75) is 65.1 Å². The standard InChI is InChI=1S/C15H27N5O/c1-5-8-19-11-16-18-13(19)12(2)17-14(21)15(3,4)20-9-6-7-10-20/h11-12H,5-10H2,1-4H3,(H,17,21). The highest BCUT2D eigenvalue weighted by Gasteiger charge is 2.36. The summed E-state index contributed by atoms with van der Waals surface area (Å²) in [6.07, 6.45) is 5.10. The predicted octanol–water partition coefficient (Wildman–Crippen LogP) is 1.74. The van der Waals surface area contributed by atoms with Crippen molar-refractivity contribution >= 4 is 5.91 Å². The molecule has 1 fully saturated rings. The van der Waals surface area contributed by atoms with Crippen LogP contribution in [0.4, 0.5) is 0 Å². The van der Waals surface area contributed by atoms with Crippen LogP contribution in [0.1, 0.15) is 58.8 Å². The van der Waals surface area contributed by atoms with E-state index in [0.717, 1.165) is 31.9 Å². The van der Waals surface area contributed by atoms with E-state index in [1.165, 1.54) is 12.8 Å². The van der Waals surface area contributed by atoms with E-state index in [1.807, 2.05) is 25.3 Å². The minimum atomic E-state index is -0.472. The molecule has 2 rings (SSSR count). The minimum absolute atomic E-state index is 0.0583. The van der Waals surface area contributed by atoms with Crippen LogP contribution < -0.4 is 5.32 Å². The zero-order valence-corrected chi connectivity index (χ0v) is 13.6. The Morgan fingerprint density at radius 3 is 2.71 bits per heavy atom. The van der Waals surface area contributed by atoms with Crippen molar-refractivity contribution < 1.29 is 4.79 Å². The molecule has 6 nitrogen and oxygen atoms in total. The van der Waals surface area contributed by atoms with E-state index < -0.39 is 5.54 Å². The van der Waals surface area contributed by atoms with Crippen molar-refractivity contribution in [3.05, 3.63) is 12.2 Å². The molecule has 0 aliphatic carbocycles. The number of nitrogens with one attached hydrogen (secondary N) is 1. The van der Waals surface area contributed by atoms with Crippen LogP contribution in [-0.4, -0.2) is 44.2 Å². The van der Waals surface area contributed by atoms with Gasteiger partial charge in [-0.2, -0.15) is 0 Å². The maximum atomic E-state index is 12.6. The van der Waals surface area contributed by atoms with Crippen LogP contribution in [0.5, 0.6) is 0 Å². The number of aryl methyl sites for hydroxylation is 1. The molecule has 0 aromatic carbocycles. The molecule has 0 spiro atoms. The van der Waals surface area contributed by atoms with E-state index in [2.05, 4.69) is 27.3 Å². The van der Waals surface area contributed by atoms with Crippen LogP contribution in [0.3, 0.4) is 0 Å². The van der Waals surface area contributed by atoms with Gasteiger partial charge < -0.3 is 9.88 Å². The minimum Gasteiger partial charge on any atom is -0.345 e. The Balaban J connectivity index is 2.02. The van der Waals surface area contributed by atoms with Crippen molar-refractivity contribution in [3.63, 3.8) is 0 Å². The molecule has 21 heavy (non-hydrogen) atoms. The molecule has 0 radical (unpaired) electrons. The molecular weight excluding hydrogens is 266 g/mol. The van der Waals surface area contributed by atoms with E-state index in [0.29, 0.717) is 0 Å². The van der Waals surface area contributed by atoms with E-state index in [1.54, 1.807) is 6.33 Å². The normalized spacial score (nSPS) is 17.9. The van der Waals surface area contributed by atoms with Gasteiger partial charge in [0, 0.05) is 6.54 Å². The highest BCUT2D eigenvalue weighted by Crippen LogP contribution is 2.22. The molecule has 1 aromatic heterocycles. The lowest BCUT2D eigenvalue weighted by atomic mass is 10.0. The van der Waals surface area contributed by atoms with Gasteiger partial charge in [0.1, 0.15) is 6.33 Å². The Morgan fingerprint density at radius 2 is 2.10 bits per heavy atom. The lowest BCUT2D eigenvalue weighted by Crippen LogP contribution is -2.54. The molecule has 1 unspecified atom stereocenters. The Kier molecular flexibility index (Phi) is 4.98. The summed E-state index contributed by atoms with van der Waals surface area (Å²) in [4.78, 5) is 14.9. The summed E-state index contributed by atoms with van der Waals surface area (Å²) < 4.78 is 2.01. The van der Waals surface area contributed by atoms with Gasteiger partial charge in [0.15, 0.2) is 5.82 Å². The van der Waals surface area contributed by atoms with Crippen LogP contribution in [-0.2, 0) is 11.3 Å². The third kappa shape index (κ3) is 3.43. The number of carbonyl (C=O) groups excluding carboxylic acids is 1. The quantitative estimate of drug-likeness (QED) is 0.868. The summed E-state index contributed by atoms with van der Waals surface area (Å²) in [6, 6.07) is -0.131. The zero-order chi connectivity index (χ0) is 15.5. The number of aromatic nitrogens is 3. The molecule has 1 atom stereocenters. The molecule has 1 aliphatic heterocycles.